The van der Waals surface area contributed by atoms with Crippen molar-refractivity contribution >= 4 is 35.3 Å². The van der Waals surface area contributed by atoms with E-state index < -0.39 is 0 Å². The van der Waals surface area contributed by atoms with Crippen molar-refractivity contribution < 1.29 is 9.21 Å². The number of furan rings is 1. The van der Waals surface area contributed by atoms with E-state index in [0.717, 1.165) is 5.56 Å². The molecule has 25 heavy (non-hydrogen) atoms. The summed E-state index contributed by atoms with van der Waals surface area (Å²) in [4.78, 5) is 11.8. The van der Waals surface area contributed by atoms with Gasteiger partial charge in [0.1, 0.15) is 11.5 Å². The van der Waals surface area contributed by atoms with Crippen LogP contribution in [-0.4, -0.2) is 12.1 Å². The molecule has 1 heterocycles. The quantitative estimate of drug-likeness (QED) is 0.508. The Morgan fingerprint density at radius 3 is 2.68 bits per heavy atom. The fraction of sp³-hybridized carbons (Fsp3) is 0.0526. The minimum atomic E-state index is -0.202. The Morgan fingerprint density at radius 1 is 1.08 bits per heavy atom. The van der Waals surface area contributed by atoms with Gasteiger partial charge in [-0.1, -0.05) is 53.5 Å². The van der Waals surface area contributed by atoms with Crippen molar-refractivity contribution in [3.8, 4) is 11.3 Å². The molecular weight excluding hydrogens is 359 g/mol. The van der Waals surface area contributed by atoms with E-state index in [1.165, 1.54) is 6.21 Å². The van der Waals surface area contributed by atoms with Gasteiger partial charge in [-0.05, 0) is 35.9 Å². The number of amides is 1. The van der Waals surface area contributed by atoms with Gasteiger partial charge in [-0.25, -0.2) is 5.43 Å². The fourth-order valence-electron chi connectivity index (χ4n) is 2.24. The smallest absolute Gasteiger partial charge is 0.244 e. The number of halogens is 2. The van der Waals surface area contributed by atoms with Gasteiger partial charge in [-0.2, -0.15) is 5.10 Å². The van der Waals surface area contributed by atoms with Crippen LogP contribution in [-0.2, 0) is 11.2 Å². The van der Waals surface area contributed by atoms with Crippen LogP contribution in [0.3, 0.4) is 0 Å². The van der Waals surface area contributed by atoms with Crippen molar-refractivity contribution in [3.63, 3.8) is 0 Å². The Labute approximate surface area is 155 Å². The maximum atomic E-state index is 11.8. The number of benzene rings is 2. The van der Waals surface area contributed by atoms with Gasteiger partial charge in [0.15, 0.2) is 0 Å². The number of nitrogens with zero attached hydrogens (tertiary/aromatic N) is 1. The van der Waals surface area contributed by atoms with E-state index in [2.05, 4.69) is 10.5 Å². The monoisotopic (exact) mass is 372 g/mol. The molecule has 0 spiro atoms. The standard InChI is InChI=1S/C19H14Cl2N2O2/c20-14-6-8-17(21)16(11-14)18-9-7-15(25-18)12-22-23-19(24)10-13-4-2-1-3-5-13/h1-9,11-12H,10H2,(H,23,24)/b22-12-. The molecule has 0 fully saturated rings. The van der Waals surface area contributed by atoms with Crippen LogP contribution in [0.2, 0.25) is 10.0 Å². The van der Waals surface area contributed by atoms with Crippen LogP contribution in [0.5, 0.6) is 0 Å². The average Bonchev–Trinajstić information content (AvgIpc) is 3.06. The van der Waals surface area contributed by atoms with E-state index in [0.29, 0.717) is 27.1 Å². The fourth-order valence-corrected chi connectivity index (χ4v) is 2.62. The number of nitrogens with one attached hydrogen (secondary N) is 1. The molecule has 0 aliphatic carbocycles. The zero-order valence-corrected chi connectivity index (χ0v) is 14.6. The lowest BCUT2D eigenvalue weighted by molar-refractivity contribution is -0.120. The first-order valence-electron chi connectivity index (χ1n) is 7.53. The summed E-state index contributed by atoms with van der Waals surface area (Å²) in [6.45, 7) is 0. The number of rotatable bonds is 5. The highest BCUT2D eigenvalue weighted by atomic mass is 35.5. The van der Waals surface area contributed by atoms with Crippen LogP contribution < -0.4 is 5.43 Å². The normalized spacial score (nSPS) is 11.0. The minimum Gasteiger partial charge on any atom is -0.455 e. The van der Waals surface area contributed by atoms with E-state index in [4.69, 9.17) is 27.6 Å². The molecule has 6 heteroatoms. The van der Waals surface area contributed by atoms with Crippen LogP contribution in [0, 0.1) is 0 Å². The van der Waals surface area contributed by atoms with Crippen LogP contribution in [0.4, 0.5) is 0 Å². The van der Waals surface area contributed by atoms with Gasteiger partial charge >= 0.3 is 0 Å². The predicted molar refractivity (Wildman–Crippen MR) is 100 cm³/mol. The van der Waals surface area contributed by atoms with E-state index in [1.807, 2.05) is 30.3 Å². The van der Waals surface area contributed by atoms with Crippen molar-refractivity contribution in [2.24, 2.45) is 5.10 Å². The third-order valence-corrected chi connectivity index (χ3v) is 3.97. The lowest BCUT2D eigenvalue weighted by Crippen LogP contribution is -2.19. The SMILES string of the molecule is O=C(Cc1ccccc1)N/N=C\c1ccc(-c2cc(Cl)ccc2Cl)o1. The summed E-state index contributed by atoms with van der Waals surface area (Å²) in [5.41, 5.74) is 4.09. The van der Waals surface area contributed by atoms with Gasteiger partial charge in [0, 0.05) is 10.6 Å². The molecule has 0 aliphatic rings. The molecule has 2 aromatic carbocycles. The van der Waals surface area contributed by atoms with Gasteiger partial charge in [0.25, 0.3) is 0 Å². The number of hydrogen-bond donors (Lipinski definition) is 1. The second-order valence-electron chi connectivity index (χ2n) is 5.28. The van der Waals surface area contributed by atoms with Gasteiger partial charge in [-0.3, -0.25) is 4.79 Å². The Balaban J connectivity index is 1.62. The summed E-state index contributed by atoms with van der Waals surface area (Å²) < 4.78 is 5.66. The van der Waals surface area contributed by atoms with Crippen LogP contribution in [0.1, 0.15) is 11.3 Å². The Bertz CT molecular complexity index is 905. The molecule has 4 nitrogen and oxygen atoms in total. The number of carbonyl (C=O) groups is 1. The first kappa shape index (κ1) is 17.3. The van der Waals surface area contributed by atoms with Crippen molar-refractivity contribution in [2.75, 3.05) is 0 Å². The van der Waals surface area contributed by atoms with Crippen LogP contribution in [0.25, 0.3) is 11.3 Å². The van der Waals surface area contributed by atoms with E-state index in [1.54, 1.807) is 30.3 Å². The summed E-state index contributed by atoms with van der Waals surface area (Å²) in [5.74, 6) is 0.864. The Morgan fingerprint density at radius 2 is 1.88 bits per heavy atom. The van der Waals surface area contributed by atoms with Crippen molar-refractivity contribution in [1.82, 2.24) is 5.43 Å². The lowest BCUT2D eigenvalue weighted by atomic mass is 10.1. The minimum absolute atomic E-state index is 0.202. The van der Waals surface area contributed by atoms with Gasteiger partial charge in [0.05, 0.1) is 17.7 Å². The summed E-state index contributed by atoms with van der Waals surface area (Å²) in [5, 5.41) is 5.02. The highest BCUT2D eigenvalue weighted by molar-refractivity contribution is 6.35. The summed E-state index contributed by atoms with van der Waals surface area (Å²) >= 11 is 12.1. The maximum Gasteiger partial charge on any atom is 0.244 e. The van der Waals surface area contributed by atoms with Gasteiger partial charge in [0.2, 0.25) is 5.91 Å². The molecule has 0 unspecified atom stereocenters. The molecule has 1 amide bonds. The van der Waals surface area contributed by atoms with E-state index in [-0.39, 0.29) is 12.3 Å². The third kappa shape index (κ3) is 4.72. The van der Waals surface area contributed by atoms with Crippen molar-refractivity contribution in [3.05, 3.63) is 82.0 Å². The molecule has 0 saturated heterocycles. The number of carbonyl (C=O) groups excluding carboxylic acids is 1. The predicted octanol–water partition coefficient (Wildman–Crippen LogP) is 4.95. The third-order valence-electron chi connectivity index (χ3n) is 3.41. The first-order chi connectivity index (χ1) is 12.1. The molecule has 0 saturated carbocycles. The molecule has 3 rings (SSSR count). The summed E-state index contributed by atoms with van der Waals surface area (Å²) in [6.07, 6.45) is 1.70. The number of hydrogen-bond acceptors (Lipinski definition) is 3. The van der Waals surface area contributed by atoms with Crippen LogP contribution in [0.15, 0.2) is 70.2 Å². The van der Waals surface area contributed by atoms with Crippen molar-refractivity contribution in [1.29, 1.82) is 0 Å². The second-order valence-corrected chi connectivity index (χ2v) is 6.13. The maximum absolute atomic E-state index is 11.8. The average molecular weight is 373 g/mol. The molecule has 0 atom stereocenters. The first-order valence-corrected chi connectivity index (χ1v) is 8.28. The van der Waals surface area contributed by atoms with Crippen LogP contribution >= 0.6 is 23.2 Å². The molecule has 3 aromatic rings. The molecule has 0 aliphatic heterocycles. The summed E-state index contributed by atoms with van der Waals surface area (Å²) in [7, 11) is 0. The number of hydrazone groups is 1. The zero-order valence-electron chi connectivity index (χ0n) is 13.1. The molecular formula is C19H14Cl2N2O2. The summed E-state index contributed by atoms with van der Waals surface area (Å²) in [6, 6.07) is 18.1. The molecule has 126 valence electrons. The molecule has 1 N–H and O–H groups in total. The van der Waals surface area contributed by atoms with Gasteiger partial charge < -0.3 is 4.42 Å². The highest BCUT2D eigenvalue weighted by Gasteiger charge is 2.09. The van der Waals surface area contributed by atoms with Gasteiger partial charge in [-0.15, -0.1) is 0 Å². The Kier molecular flexibility index (Phi) is 5.53. The van der Waals surface area contributed by atoms with Crippen molar-refractivity contribution in [2.45, 2.75) is 6.42 Å². The van der Waals surface area contributed by atoms with E-state index >= 15 is 0 Å². The van der Waals surface area contributed by atoms with E-state index in [9.17, 15) is 4.79 Å². The molecule has 0 radical (unpaired) electrons. The highest BCUT2D eigenvalue weighted by Crippen LogP contribution is 2.31. The second kappa shape index (κ2) is 8.01. The zero-order chi connectivity index (χ0) is 17.6. The Hall–Kier alpha value is -2.56. The molecule has 0 bridgehead atoms. The molecule has 1 aromatic heterocycles. The topological polar surface area (TPSA) is 54.6 Å². The largest absolute Gasteiger partial charge is 0.455 e. The lowest BCUT2D eigenvalue weighted by Gasteiger charge is -2.01.